The number of carbonyl (C=O) groups excluding carboxylic acids is 1. The Morgan fingerprint density at radius 3 is 2.55 bits per heavy atom. The van der Waals surface area contributed by atoms with E-state index in [9.17, 15) is 4.79 Å². The van der Waals surface area contributed by atoms with E-state index in [2.05, 4.69) is 34.9 Å². The fraction of sp³-hybridized carbons (Fsp3) is 0.412. The molecule has 0 amide bonds. The largest absolute Gasteiger partial charge is 0.483 e. The molecule has 0 radical (unpaired) electrons. The van der Waals surface area contributed by atoms with E-state index in [0.29, 0.717) is 11.7 Å². The number of hydrogen-bond acceptors (Lipinski definition) is 3. The van der Waals surface area contributed by atoms with Crippen molar-refractivity contribution < 1.29 is 9.53 Å². The Labute approximate surface area is 139 Å². The first-order valence-electron chi connectivity index (χ1n) is 7.29. The maximum absolute atomic E-state index is 12.4. The fourth-order valence-corrected chi connectivity index (χ4v) is 3.18. The van der Waals surface area contributed by atoms with Gasteiger partial charge in [-0.1, -0.05) is 29.8 Å². The van der Waals surface area contributed by atoms with Crippen LogP contribution in [0.5, 0.6) is 5.75 Å². The quantitative estimate of drug-likeness (QED) is 0.806. The molecule has 0 aliphatic carbocycles. The zero-order valence-electron chi connectivity index (χ0n) is 13.6. The molecule has 0 N–H and O–H groups in total. The lowest BCUT2D eigenvalue weighted by Gasteiger charge is -2.10. The van der Waals surface area contributed by atoms with Crippen molar-refractivity contribution in [3.8, 4) is 5.75 Å². The lowest BCUT2D eigenvalue weighted by atomic mass is 10.0. The number of aromatic nitrogens is 2. The predicted molar refractivity (Wildman–Crippen MR) is 90.8 cm³/mol. The molecular weight excluding hydrogens is 344 g/mol. The van der Waals surface area contributed by atoms with Gasteiger partial charge in [-0.3, -0.25) is 4.79 Å². The Balaban J connectivity index is 2.15. The lowest BCUT2D eigenvalue weighted by Crippen LogP contribution is -2.22. The first-order chi connectivity index (χ1) is 10.3. The van der Waals surface area contributed by atoms with Crippen LogP contribution in [-0.4, -0.2) is 22.3 Å². The molecule has 0 unspecified atom stereocenters. The molecule has 1 aromatic heterocycles. The zero-order valence-corrected chi connectivity index (χ0v) is 15.2. The van der Waals surface area contributed by atoms with Gasteiger partial charge in [0.05, 0.1) is 5.69 Å². The van der Waals surface area contributed by atoms with E-state index < -0.39 is 0 Å². The molecule has 4 nitrogen and oxygen atoms in total. The SMILES string of the molecule is Cc1cc(Br)ccc1OCC(=O)n1nc(C)c(C(C)C)c1C. The van der Waals surface area contributed by atoms with Gasteiger partial charge in [-0.15, -0.1) is 0 Å². The molecule has 1 heterocycles. The van der Waals surface area contributed by atoms with Crippen molar-refractivity contribution in [3.63, 3.8) is 0 Å². The van der Waals surface area contributed by atoms with Gasteiger partial charge in [0.25, 0.3) is 5.91 Å². The highest BCUT2D eigenvalue weighted by molar-refractivity contribution is 9.10. The maximum Gasteiger partial charge on any atom is 0.284 e. The third kappa shape index (κ3) is 3.40. The van der Waals surface area contributed by atoms with Crippen LogP contribution in [0.1, 0.15) is 47.1 Å². The van der Waals surface area contributed by atoms with Crippen molar-refractivity contribution >= 4 is 21.8 Å². The normalized spacial score (nSPS) is 11.0. The summed E-state index contributed by atoms with van der Waals surface area (Å²) in [5.41, 5.74) is 3.92. The molecule has 0 aliphatic rings. The Morgan fingerprint density at radius 2 is 2.00 bits per heavy atom. The number of ether oxygens (including phenoxy) is 1. The second kappa shape index (κ2) is 6.65. The first kappa shape index (κ1) is 16.7. The van der Waals surface area contributed by atoms with Gasteiger partial charge in [-0.25, -0.2) is 4.68 Å². The maximum atomic E-state index is 12.4. The van der Waals surface area contributed by atoms with Crippen LogP contribution < -0.4 is 4.74 Å². The van der Waals surface area contributed by atoms with Gasteiger partial charge < -0.3 is 4.74 Å². The van der Waals surface area contributed by atoms with Crippen molar-refractivity contribution in [3.05, 3.63) is 45.2 Å². The molecule has 0 saturated heterocycles. The summed E-state index contributed by atoms with van der Waals surface area (Å²) in [5.74, 6) is 0.896. The molecule has 0 spiro atoms. The van der Waals surface area contributed by atoms with Gasteiger partial charge in [0.15, 0.2) is 6.61 Å². The summed E-state index contributed by atoms with van der Waals surface area (Å²) in [6, 6.07) is 5.71. The first-order valence-corrected chi connectivity index (χ1v) is 8.08. The molecule has 2 aromatic rings. The molecule has 2 rings (SSSR count). The summed E-state index contributed by atoms with van der Waals surface area (Å²) >= 11 is 3.41. The Morgan fingerprint density at radius 1 is 1.32 bits per heavy atom. The third-order valence-electron chi connectivity index (χ3n) is 3.65. The van der Waals surface area contributed by atoms with Crippen LogP contribution in [0.4, 0.5) is 0 Å². The van der Waals surface area contributed by atoms with Crippen molar-refractivity contribution in [2.24, 2.45) is 0 Å². The van der Waals surface area contributed by atoms with E-state index in [-0.39, 0.29) is 12.5 Å². The third-order valence-corrected chi connectivity index (χ3v) is 4.14. The van der Waals surface area contributed by atoms with E-state index in [1.807, 2.05) is 39.0 Å². The van der Waals surface area contributed by atoms with Crippen molar-refractivity contribution in [1.29, 1.82) is 0 Å². The van der Waals surface area contributed by atoms with Gasteiger partial charge in [-0.2, -0.15) is 5.10 Å². The number of carbonyl (C=O) groups is 1. The lowest BCUT2D eigenvalue weighted by molar-refractivity contribution is 0.0817. The second-order valence-electron chi connectivity index (χ2n) is 5.74. The Bertz CT molecular complexity index is 705. The molecule has 5 heteroatoms. The fourth-order valence-electron chi connectivity index (χ4n) is 2.71. The minimum absolute atomic E-state index is 0.0258. The molecule has 22 heavy (non-hydrogen) atoms. The standard InChI is InChI=1S/C17H21BrN2O2/c1-10(2)17-12(4)19-20(13(17)5)16(21)9-22-15-7-6-14(18)8-11(15)3/h6-8,10H,9H2,1-5H3. The summed E-state index contributed by atoms with van der Waals surface area (Å²) in [5, 5.41) is 4.36. The summed E-state index contributed by atoms with van der Waals surface area (Å²) in [6.45, 7) is 10.00. The highest BCUT2D eigenvalue weighted by Gasteiger charge is 2.19. The van der Waals surface area contributed by atoms with Gasteiger partial charge in [0.1, 0.15) is 5.75 Å². The molecule has 118 valence electrons. The van der Waals surface area contributed by atoms with E-state index in [4.69, 9.17) is 4.74 Å². The number of benzene rings is 1. The number of nitrogens with zero attached hydrogens (tertiary/aromatic N) is 2. The molecule has 1 aromatic carbocycles. The smallest absolute Gasteiger partial charge is 0.284 e. The Kier molecular flexibility index (Phi) is 5.06. The average Bonchev–Trinajstić information content (AvgIpc) is 2.72. The van der Waals surface area contributed by atoms with Gasteiger partial charge in [0, 0.05) is 10.2 Å². The van der Waals surface area contributed by atoms with Crippen LogP contribution in [0, 0.1) is 20.8 Å². The molecule has 0 saturated carbocycles. The van der Waals surface area contributed by atoms with Gasteiger partial charge in [0.2, 0.25) is 0 Å². The highest BCUT2D eigenvalue weighted by atomic mass is 79.9. The van der Waals surface area contributed by atoms with Crippen LogP contribution in [0.25, 0.3) is 0 Å². The highest BCUT2D eigenvalue weighted by Crippen LogP contribution is 2.24. The summed E-state index contributed by atoms with van der Waals surface area (Å²) in [4.78, 5) is 12.4. The van der Waals surface area contributed by atoms with Gasteiger partial charge in [-0.05, 0) is 56.0 Å². The topological polar surface area (TPSA) is 44.1 Å². The van der Waals surface area contributed by atoms with Crippen LogP contribution in [0.3, 0.4) is 0 Å². The van der Waals surface area contributed by atoms with Crippen LogP contribution in [0.2, 0.25) is 0 Å². The van der Waals surface area contributed by atoms with Crippen LogP contribution in [-0.2, 0) is 0 Å². The summed E-state index contributed by atoms with van der Waals surface area (Å²) in [7, 11) is 0. The number of halogens is 1. The van der Waals surface area contributed by atoms with Crippen LogP contribution in [0.15, 0.2) is 22.7 Å². The van der Waals surface area contributed by atoms with E-state index in [1.54, 1.807) is 0 Å². The van der Waals surface area contributed by atoms with E-state index in [1.165, 1.54) is 4.68 Å². The molecule has 0 fully saturated rings. The van der Waals surface area contributed by atoms with Crippen LogP contribution >= 0.6 is 15.9 Å². The van der Waals surface area contributed by atoms with E-state index >= 15 is 0 Å². The number of hydrogen-bond donors (Lipinski definition) is 0. The Hall–Kier alpha value is -1.62. The minimum atomic E-state index is -0.158. The molecule has 0 aliphatic heterocycles. The average molecular weight is 365 g/mol. The zero-order chi connectivity index (χ0) is 16.4. The number of rotatable bonds is 4. The second-order valence-corrected chi connectivity index (χ2v) is 6.66. The van der Waals surface area contributed by atoms with E-state index in [0.717, 1.165) is 27.0 Å². The summed E-state index contributed by atoms with van der Waals surface area (Å²) < 4.78 is 8.09. The van der Waals surface area contributed by atoms with Crippen molar-refractivity contribution in [1.82, 2.24) is 9.78 Å². The van der Waals surface area contributed by atoms with Crippen molar-refractivity contribution in [2.75, 3.05) is 6.61 Å². The predicted octanol–water partition coefficient (Wildman–Crippen LogP) is 4.41. The molecular formula is C17H21BrN2O2. The molecule has 0 atom stereocenters. The minimum Gasteiger partial charge on any atom is -0.483 e. The monoisotopic (exact) mass is 364 g/mol. The van der Waals surface area contributed by atoms with Gasteiger partial charge >= 0.3 is 0 Å². The summed E-state index contributed by atoms with van der Waals surface area (Å²) in [6.07, 6.45) is 0. The van der Waals surface area contributed by atoms with Crippen molar-refractivity contribution in [2.45, 2.75) is 40.5 Å². The molecule has 0 bridgehead atoms. The number of aryl methyl sites for hydroxylation is 2.